The third-order valence-corrected chi connectivity index (χ3v) is 3.93. The Morgan fingerprint density at radius 1 is 0.741 bits per heavy atom. The summed E-state index contributed by atoms with van der Waals surface area (Å²) >= 11 is 0. The molecule has 0 amide bonds. The van der Waals surface area contributed by atoms with E-state index in [2.05, 4.69) is 65.5 Å². The van der Waals surface area contributed by atoms with Gasteiger partial charge in [-0.2, -0.15) is 0 Å². The molecule has 3 heteroatoms. The van der Waals surface area contributed by atoms with Crippen molar-refractivity contribution in [1.29, 1.82) is 0 Å². The molecule has 1 N–H and O–H groups in total. The molecule has 0 bridgehead atoms. The molecule has 1 aromatic heterocycles. The van der Waals surface area contributed by atoms with Crippen LogP contribution in [0.4, 0.5) is 5.95 Å². The molecule has 3 aromatic rings. The zero-order valence-corrected chi connectivity index (χ0v) is 15.8. The van der Waals surface area contributed by atoms with Gasteiger partial charge in [-0.05, 0) is 35.3 Å². The normalized spacial score (nSPS) is 11.5. The Kier molecular flexibility index (Phi) is 6.53. The molecule has 0 unspecified atom stereocenters. The number of benzene rings is 2. The predicted molar refractivity (Wildman–Crippen MR) is 116 cm³/mol. The first kappa shape index (κ1) is 18.6. The maximum atomic E-state index is 4.63. The van der Waals surface area contributed by atoms with Crippen LogP contribution in [0.3, 0.4) is 0 Å². The Bertz CT molecular complexity index is 830. The molecule has 1 heterocycles. The minimum Gasteiger partial charge on any atom is -0.354 e. The van der Waals surface area contributed by atoms with Gasteiger partial charge < -0.3 is 5.32 Å². The summed E-state index contributed by atoms with van der Waals surface area (Å²) in [5.74, 6) is 1.19. The molecule has 3 rings (SSSR count). The monoisotopic (exact) mass is 355 g/mol. The van der Waals surface area contributed by atoms with Crippen LogP contribution in [-0.2, 0) is 0 Å². The number of hydrogen-bond donors (Lipinski definition) is 1. The molecule has 0 aliphatic carbocycles. The Morgan fingerprint density at radius 3 is 1.67 bits per heavy atom. The van der Waals surface area contributed by atoms with Gasteiger partial charge in [0, 0.05) is 6.54 Å². The molecule has 0 aliphatic heterocycles. The fourth-order valence-electron chi connectivity index (χ4n) is 2.52. The van der Waals surface area contributed by atoms with Crippen LogP contribution in [0.25, 0.3) is 24.3 Å². The second kappa shape index (κ2) is 9.48. The van der Waals surface area contributed by atoms with Gasteiger partial charge in [-0.25, -0.2) is 9.97 Å². The van der Waals surface area contributed by atoms with Crippen molar-refractivity contribution in [3.8, 4) is 0 Å². The van der Waals surface area contributed by atoms with E-state index in [0.29, 0.717) is 11.9 Å². The van der Waals surface area contributed by atoms with Gasteiger partial charge >= 0.3 is 0 Å². The molecule has 0 aliphatic rings. The van der Waals surface area contributed by atoms with Crippen molar-refractivity contribution in [2.45, 2.75) is 13.8 Å². The van der Waals surface area contributed by atoms with Gasteiger partial charge in [0.2, 0.25) is 5.95 Å². The van der Waals surface area contributed by atoms with Gasteiger partial charge in [0.1, 0.15) is 0 Å². The SMILES string of the molecule is CC(C)CNc1nc(/C=C/c2ccccc2)cc(/C=C/c2ccccc2)n1. The number of nitrogens with one attached hydrogen (secondary N) is 1. The quantitative estimate of drug-likeness (QED) is 0.574. The highest BCUT2D eigenvalue weighted by molar-refractivity contribution is 5.72. The molecular weight excluding hydrogens is 330 g/mol. The van der Waals surface area contributed by atoms with Gasteiger partial charge in [-0.15, -0.1) is 0 Å². The summed E-state index contributed by atoms with van der Waals surface area (Å²) in [6, 6.07) is 22.5. The van der Waals surface area contributed by atoms with E-state index in [1.54, 1.807) is 0 Å². The van der Waals surface area contributed by atoms with E-state index < -0.39 is 0 Å². The molecule has 0 saturated carbocycles. The van der Waals surface area contributed by atoms with Crippen molar-refractivity contribution in [2.75, 3.05) is 11.9 Å². The zero-order chi connectivity index (χ0) is 18.9. The lowest BCUT2D eigenvalue weighted by atomic mass is 10.1. The Hall–Kier alpha value is -3.20. The van der Waals surface area contributed by atoms with E-state index in [4.69, 9.17) is 0 Å². The third-order valence-electron chi connectivity index (χ3n) is 3.93. The van der Waals surface area contributed by atoms with Crippen LogP contribution in [0.2, 0.25) is 0 Å². The predicted octanol–water partition coefficient (Wildman–Crippen LogP) is 5.89. The van der Waals surface area contributed by atoms with Crippen molar-refractivity contribution < 1.29 is 0 Å². The molecule has 0 fully saturated rings. The number of nitrogens with zero attached hydrogens (tertiary/aromatic N) is 2. The lowest BCUT2D eigenvalue weighted by Gasteiger charge is -2.09. The molecule has 27 heavy (non-hydrogen) atoms. The van der Waals surface area contributed by atoms with Crippen molar-refractivity contribution in [3.63, 3.8) is 0 Å². The topological polar surface area (TPSA) is 37.8 Å². The summed E-state index contributed by atoms with van der Waals surface area (Å²) in [5, 5.41) is 3.33. The molecule has 0 atom stereocenters. The first-order valence-electron chi connectivity index (χ1n) is 9.28. The van der Waals surface area contributed by atoms with E-state index in [1.165, 1.54) is 0 Å². The van der Waals surface area contributed by atoms with Gasteiger partial charge in [0.15, 0.2) is 0 Å². The van der Waals surface area contributed by atoms with Gasteiger partial charge in [0.25, 0.3) is 0 Å². The average Bonchev–Trinajstić information content (AvgIpc) is 2.71. The zero-order valence-electron chi connectivity index (χ0n) is 15.8. The van der Waals surface area contributed by atoms with Crippen LogP contribution in [0.15, 0.2) is 66.7 Å². The van der Waals surface area contributed by atoms with Crippen molar-refractivity contribution in [1.82, 2.24) is 9.97 Å². The summed E-state index contributed by atoms with van der Waals surface area (Å²) in [6.07, 6.45) is 8.19. The minimum atomic E-state index is 0.528. The maximum absolute atomic E-state index is 4.63. The van der Waals surface area contributed by atoms with Crippen LogP contribution in [0.5, 0.6) is 0 Å². The molecule has 2 aromatic carbocycles. The number of rotatable bonds is 7. The van der Waals surface area contributed by atoms with Crippen LogP contribution in [0.1, 0.15) is 36.4 Å². The minimum absolute atomic E-state index is 0.528. The Morgan fingerprint density at radius 2 is 1.22 bits per heavy atom. The molecular formula is C24H25N3. The van der Waals surface area contributed by atoms with Crippen LogP contribution in [-0.4, -0.2) is 16.5 Å². The van der Waals surface area contributed by atoms with E-state index in [1.807, 2.05) is 54.6 Å². The number of hydrogen-bond acceptors (Lipinski definition) is 3. The summed E-state index contributed by atoms with van der Waals surface area (Å²) in [4.78, 5) is 9.27. The highest BCUT2D eigenvalue weighted by atomic mass is 15.1. The van der Waals surface area contributed by atoms with E-state index in [0.717, 1.165) is 29.1 Å². The van der Waals surface area contributed by atoms with E-state index >= 15 is 0 Å². The van der Waals surface area contributed by atoms with E-state index in [-0.39, 0.29) is 0 Å². The molecule has 3 nitrogen and oxygen atoms in total. The van der Waals surface area contributed by atoms with E-state index in [9.17, 15) is 0 Å². The Balaban J connectivity index is 1.86. The summed E-state index contributed by atoms with van der Waals surface area (Å²) in [6.45, 7) is 5.18. The smallest absolute Gasteiger partial charge is 0.223 e. The highest BCUT2D eigenvalue weighted by Crippen LogP contribution is 2.13. The summed E-state index contributed by atoms with van der Waals surface area (Å²) in [5.41, 5.74) is 4.06. The van der Waals surface area contributed by atoms with Crippen molar-refractivity contribution >= 4 is 30.3 Å². The van der Waals surface area contributed by atoms with Gasteiger partial charge in [-0.3, -0.25) is 0 Å². The lowest BCUT2D eigenvalue weighted by molar-refractivity contribution is 0.684. The number of aromatic nitrogens is 2. The van der Waals surface area contributed by atoms with Crippen molar-refractivity contribution in [2.24, 2.45) is 5.92 Å². The average molecular weight is 355 g/mol. The second-order valence-electron chi connectivity index (χ2n) is 6.80. The lowest BCUT2D eigenvalue weighted by Crippen LogP contribution is -2.11. The largest absolute Gasteiger partial charge is 0.354 e. The standard InChI is InChI=1S/C24H25N3/c1-19(2)18-25-24-26-22(15-13-20-9-5-3-6-10-20)17-23(27-24)16-14-21-11-7-4-8-12-21/h3-17,19H,18H2,1-2H3,(H,25,26,27)/b15-13+,16-14+. The molecule has 0 spiro atoms. The second-order valence-corrected chi connectivity index (χ2v) is 6.80. The molecule has 136 valence electrons. The van der Waals surface area contributed by atoms with Crippen LogP contribution in [0, 0.1) is 5.92 Å². The van der Waals surface area contributed by atoms with Gasteiger partial charge in [-0.1, -0.05) is 86.7 Å². The van der Waals surface area contributed by atoms with Crippen molar-refractivity contribution in [3.05, 3.63) is 89.2 Å². The van der Waals surface area contributed by atoms with Crippen LogP contribution >= 0.6 is 0 Å². The highest BCUT2D eigenvalue weighted by Gasteiger charge is 2.02. The van der Waals surface area contributed by atoms with Crippen LogP contribution < -0.4 is 5.32 Å². The fourth-order valence-corrected chi connectivity index (χ4v) is 2.52. The Labute approximate surface area is 161 Å². The molecule has 0 saturated heterocycles. The fraction of sp³-hybridized carbons (Fsp3) is 0.167. The van der Waals surface area contributed by atoms with Gasteiger partial charge in [0.05, 0.1) is 11.4 Å². The summed E-state index contributed by atoms with van der Waals surface area (Å²) in [7, 11) is 0. The first-order valence-corrected chi connectivity index (χ1v) is 9.28. The first-order chi connectivity index (χ1) is 13.2. The maximum Gasteiger partial charge on any atom is 0.223 e. The summed E-state index contributed by atoms with van der Waals surface area (Å²) < 4.78 is 0. The number of anilines is 1. The molecule has 0 radical (unpaired) electrons. The third kappa shape index (κ3) is 6.23.